The molecule has 1 fully saturated rings. The van der Waals surface area contributed by atoms with Gasteiger partial charge in [0.15, 0.2) is 0 Å². The third kappa shape index (κ3) is 4.87. The van der Waals surface area contributed by atoms with Crippen LogP contribution in [0.4, 0.5) is 17.3 Å². The highest BCUT2D eigenvalue weighted by Gasteiger charge is 2.20. The Morgan fingerprint density at radius 1 is 1.20 bits per heavy atom. The number of halogens is 4. The van der Waals surface area contributed by atoms with Crippen LogP contribution in [0.5, 0.6) is 0 Å². The fourth-order valence-electron chi connectivity index (χ4n) is 1.62. The fourth-order valence-corrected chi connectivity index (χ4v) is 1.62. The third-order valence-electron chi connectivity index (χ3n) is 2.18. The van der Waals surface area contributed by atoms with Gasteiger partial charge in [-0.3, -0.25) is 0 Å². The highest BCUT2D eigenvalue weighted by atomic mass is 19.5. The summed E-state index contributed by atoms with van der Waals surface area (Å²) in [5, 5.41) is 2.13. The van der Waals surface area contributed by atoms with Crippen molar-refractivity contribution in [1.29, 1.82) is 0 Å². The first kappa shape index (κ1) is 12.1. The van der Waals surface area contributed by atoms with Crippen molar-refractivity contribution in [3.8, 4) is 0 Å². The Morgan fingerprint density at radius 3 is 2.33 bits per heavy atom. The zero-order valence-electron chi connectivity index (χ0n) is 8.39. The Hall–Kier alpha value is -0.975. The van der Waals surface area contributed by atoms with E-state index in [1.165, 1.54) is 19.3 Å². The van der Waals surface area contributed by atoms with Gasteiger partial charge in [0.2, 0.25) is 0 Å². The van der Waals surface area contributed by atoms with Gasteiger partial charge in [0.05, 0.1) is 13.2 Å². The Morgan fingerprint density at radius 2 is 1.73 bits per heavy atom. The van der Waals surface area contributed by atoms with Crippen molar-refractivity contribution >= 4 is 7.25 Å². The van der Waals surface area contributed by atoms with Crippen molar-refractivity contribution in [3.63, 3.8) is 0 Å². The van der Waals surface area contributed by atoms with Gasteiger partial charge in [-0.05, 0) is 24.8 Å². The van der Waals surface area contributed by atoms with E-state index >= 15 is 0 Å². The van der Waals surface area contributed by atoms with Crippen LogP contribution in [0.15, 0.2) is 23.5 Å². The van der Waals surface area contributed by atoms with Crippen molar-refractivity contribution in [2.75, 3.05) is 7.05 Å². The Bertz CT molecular complexity index is 279. The summed E-state index contributed by atoms with van der Waals surface area (Å²) in [6.07, 6.45) is 8.39. The van der Waals surface area contributed by atoms with Crippen LogP contribution in [0, 0.1) is 0 Å². The first-order valence-corrected chi connectivity index (χ1v) is 4.70. The van der Waals surface area contributed by atoms with E-state index in [4.69, 9.17) is 0 Å². The third-order valence-corrected chi connectivity index (χ3v) is 2.18. The van der Waals surface area contributed by atoms with Crippen LogP contribution >= 0.6 is 0 Å². The van der Waals surface area contributed by atoms with Crippen LogP contribution in [0.2, 0.25) is 0 Å². The molecule has 2 rings (SSSR count). The zero-order valence-corrected chi connectivity index (χ0v) is 8.39. The molecule has 1 heterocycles. The molecule has 0 spiro atoms. The maximum atomic E-state index is 9.75. The molecule has 1 saturated carbocycles. The maximum Gasteiger partial charge on any atom is 0.673 e. The molecular weight excluding hydrogens is 211 g/mol. The summed E-state index contributed by atoms with van der Waals surface area (Å²) >= 11 is 0. The molecule has 0 atom stereocenters. The second-order valence-electron chi connectivity index (χ2n) is 3.51. The predicted molar refractivity (Wildman–Crippen MR) is 49.9 cm³/mol. The molecule has 15 heavy (non-hydrogen) atoms. The lowest BCUT2D eigenvalue weighted by atomic mass is 10.1. The van der Waals surface area contributed by atoms with Gasteiger partial charge in [-0.2, -0.15) is 0 Å². The molecule has 0 bridgehead atoms. The van der Waals surface area contributed by atoms with Crippen LogP contribution in [-0.4, -0.2) is 19.3 Å². The van der Waals surface area contributed by atoms with Crippen molar-refractivity contribution in [1.82, 2.24) is 5.01 Å². The van der Waals surface area contributed by atoms with Gasteiger partial charge in [0, 0.05) is 5.57 Å². The summed E-state index contributed by atoms with van der Waals surface area (Å²) in [5.74, 6) is 0. The van der Waals surface area contributed by atoms with E-state index in [1.807, 2.05) is 0 Å². The lowest BCUT2D eigenvalue weighted by molar-refractivity contribution is -0.734. The van der Waals surface area contributed by atoms with Gasteiger partial charge >= 0.3 is 7.25 Å². The standard InChI is InChI=1S/C8H12N2.BF4/c1-10-6-8-4-2-3-7(8)5-9-10;2-1(3,4)5/h5-6,9H,2-4H2,1H3;/q;-1/p+1. The minimum Gasteiger partial charge on any atom is -0.418 e. The van der Waals surface area contributed by atoms with Crippen molar-refractivity contribution in [3.05, 3.63) is 23.5 Å². The second-order valence-corrected chi connectivity index (χ2v) is 3.51. The fraction of sp³-hybridized carbons (Fsp3) is 0.500. The van der Waals surface area contributed by atoms with Gasteiger partial charge in [0.25, 0.3) is 0 Å². The summed E-state index contributed by atoms with van der Waals surface area (Å²) in [6, 6.07) is 0. The van der Waals surface area contributed by atoms with Gasteiger partial charge in [-0.15, -0.1) is 0 Å². The first-order valence-electron chi connectivity index (χ1n) is 4.70. The average molecular weight is 224 g/mol. The molecule has 0 unspecified atom stereocenters. The predicted octanol–water partition coefficient (Wildman–Crippen LogP) is 1.66. The second kappa shape index (κ2) is 4.70. The quantitative estimate of drug-likeness (QED) is 0.377. The lowest BCUT2D eigenvalue weighted by Gasteiger charge is -2.15. The molecule has 1 aliphatic carbocycles. The average Bonchev–Trinajstić information content (AvgIpc) is 2.47. The number of rotatable bonds is 0. The van der Waals surface area contributed by atoms with Crippen molar-refractivity contribution in [2.24, 2.45) is 0 Å². The SMILES string of the molecule is CN1C=C2CCCC2=C[NH2+]1.F[B-](F)(F)F. The molecule has 0 radical (unpaired) electrons. The highest BCUT2D eigenvalue weighted by molar-refractivity contribution is 6.50. The first-order chi connectivity index (χ1) is 6.86. The van der Waals surface area contributed by atoms with Gasteiger partial charge in [-0.25, -0.2) is 10.4 Å². The summed E-state index contributed by atoms with van der Waals surface area (Å²) < 4.78 is 39.0. The maximum absolute atomic E-state index is 9.75. The Labute approximate surface area is 85.7 Å². The molecule has 2 nitrogen and oxygen atoms in total. The van der Waals surface area contributed by atoms with Gasteiger partial charge < -0.3 is 17.3 Å². The van der Waals surface area contributed by atoms with E-state index in [-0.39, 0.29) is 0 Å². The molecule has 0 aromatic carbocycles. The smallest absolute Gasteiger partial charge is 0.418 e. The molecule has 2 N–H and O–H groups in total. The molecule has 0 saturated heterocycles. The monoisotopic (exact) mass is 224 g/mol. The lowest BCUT2D eigenvalue weighted by Crippen LogP contribution is -2.87. The number of nitrogens with two attached hydrogens (primary N) is 1. The molecule has 0 amide bonds. The van der Waals surface area contributed by atoms with Crippen LogP contribution in [0.25, 0.3) is 0 Å². The number of quaternary nitrogens is 1. The van der Waals surface area contributed by atoms with E-state index in [0.717, 1.165) is 0 Å². The molecule has 0 aromatic heterocycles. The van der Waals surface area contributed by atoms with E-state index in [2.05, 4.69) is 29.9 Å². The van der Waals surface area contributed by atoms with Crippen LogP contribution in [-0.2, 0) is 0 Å². The molecule has 1 aliphatic heterocycles. The number of hydrogen-bond donors (Lipinski definition) is 1. The van der Waals surface area contributed by atoms with Crippen LogP contribution in [0.3, 0.4) is 0 Å². The van der Waals surface area contributed by atoms with Crippen LogP contribution < -0.4 is 5.43 Å². The topological polar surface area (TPSA) is 19.9 Å². The summed E-state index contributed by atoms with van der Waals surface area (Å²) in [5.41, 5.74) is 5.23. The molecule has 7 heteroatoms. The number of nitrogens with zero attached hydrogens (tertiary/aromatic N) is 1. The van der Waals surface area contributed by atoms with E-state index in [1.54, 1.807) is 11.1 Å². The minimum atomic E-state index is -6.00. The van der Waals surface area contributed by atoms with E-state index in [0.29, 0.717) is 0 Å². The molecular formula is C8H13BF4N2. The van der Waals surface area contributed by atoms with Crippen molar-refractivity contribution in [2.45, 2.75) is 19.3 Å². The molecule has 0 aromatic rings. The van der Waals surface area contributed by atoms with Gasteiger partial charge in [0.1, 0.15) is 6.20 Å². The van der Waals surface area contributed by atoms with Crippen LogP contribution in [0.1, 0.15) is 19.3 Å². The number of allylic oxidation sites excluding steroid dienone is 2. The normalized spacial score (nSPS) is 19.9. The zero-order chi connectivity index (χ0) is 11.5. The minimum absolute atomic E-state index is 1.28. The largest absolute Gasteiger partial charge is 0.673 e. The number of fused-ring (bicyclic) bond motifs is 1. The molecule has 2 aliphatic rings. The highest BCUT2D eigenvalue weighted by Crippen LogP contribution is 2.29. The summed E-state index contributed by atoms with van der Waals surface area (Å²) in [4.78, 5) is 0. The van der Waals surface area contributed by atoms with E-state index < -0.39 is 7.25 Å². The Balaban J connectivity index is 0.000000195. The van der Waals surface area contributed by atoms with Crippen molar-refractivity contribution < 1.29 is 22.7 Å². The van der Waals surface area contributed by atoms with E-state index in [9.17, 15) is 17.3 Å². The summed E-state index contributed by atoms with van der Waals surface area (Å²) in [7, 11) is -3.92. The molecule has 86 valence electrons. The number of hydrogen-bond acceptors (Lipinski definition) is 1. The van der Waals surface area contributed by atoms with Gasteiger partial charge in [-0.1, -0.05) is 0 Å². The Kier molecular flexibility index (Phi) is 3.79. The summed E-state index contributed by atoms with van der Waals surface area (Å²) in [6.45, 7) is 0.